The molecule has 0 heterocycles. The van der Waals surface area contributed by atoms with E-state index in [4.69, 9.17) is 10.0 Å². The molecule has 2 nitrogen and oxygen atoms in total. The van der Waals surface area contributed by atoms with E-state index in [0.29, 0.717) is 0 Å². The summed E-state index contributed by atoms with van der Waals surface area (Å²) in [6.45, 7) is 0. The summed E-state index contributed by atoms with van der Waals surface area (Å²) >= 11 is 0. The Morgan fingerprint density at radius 1 is 1.06 bits per heavy atom. The highest BCUT2D eigenvalue weighted by atomic mass is 19.4. The van der Waals surface area contributed by atoms with Gasteiger partial charge < -0.3 is 10.0 Å². The van der Waals surface area contributed by atoms with Crippen LogP contribution in [0.15, 0.2) is 24.3 Å². The van der Waals surface area contributed by atoms with Crippen LogP contribution in [-0.2, 0) is 5.41 Å². The standard InChI is InChI=1S/C10H10BF3O2/c12-10(13,14)9(5-6-9)7-1-3-8(4-2-7)11(15)16/h1-4,15-16H,5-6H2. The van der Waals surface area contributed by atoms with Gasteiger partial charge in [-0.05, 0) is 23.9 Å². The average molecular weight is 230 g/mol. The first kappa shape index (κ1) is 11.5. The predicted molar refractivity (Wildman–Crippen MR) is 53.2 cm³/mol. The van der Waals surface area contributed by atoms with Crippen molar-refractivity contribution >= 4 is 12.6 Å². The van der Waals surface area contributed by atoms with Gasteiger partial charge >= 0.3 is 13.3 Å². The molecule has 2 rings (SSSR count). The first-order chi connectivity index (χ1) is 7.37. The molecule has 6 heteroatoms. The van der Waals surface area contributed by atoms with Gasteiger partial charge in [-0.1, -0.05) is 24.3 Å². The zero-order valence-corrected chi connectivity index (χ0v) is 8.33. The fraction of sp³-hybridized carbons (Fsp3) is 0.400. The highest BCUT2D eigenvalue weighted by Crippen LogP contribution is 2.58. The van der Waals surface area contributed by atoms with Crippen molar-refractivity contribution < 1.29 is 23.2 Å². The molecule has 0 saturated heterocycles. The van der Waals surface area contributed by atoms with Gasteiger partial charge in [0, 0.05) is 0 Å². The first-order valence-corrected chi connectivity index (χ1v) is 4.90. The highest BCUT2D eigenvalue weighted by molar-refractivity contribution is 6.58. The number of benzene rings is 1. The predicted octanol–water partition coefficient (Wildman–Crippen LogP) is 0.960. The molecule has 0 unspecified atom stereocenters. The van der Waals surface area contributed by atoms with E-state index in [1.165, 1.54) is 24.3 Å². The van der Waals surface area contributed by atoms with Crippen molar-refractivity contribution in [2.24, 2.45) is 0 Å². The zero-order chi connectivity index (χ0) is 12.0. The van der Waals surface area contributed by atoms with Crippen LogP contribution < -0.4 is 5.46 Å². The molecule has 0 radical (unpaired) electrons. The van der Waals surface area contributed by atoms with Crippen molar-refractivity contribution in [3.8, 4) is 0 Å². The molecule has 0 aliphatic heterocycles. The second kappa shape index (κ2) is 3.50. The van der Waals surface area contributed by atoms with E-state index in [1.54, 1.807) is 0 Å². The molecule has 1 aliphatic carbocycles. The molecule has 86 valence electrons. The van der Waals surface area contributed by atoms with E-state index in [-0.39, 0.29) is 23.9 Å². The second-order valence-electron chi connectivity index (χ2n) is 4.08. The molecule has 2 N–H and O–H groups in total. The molecule has 16 heavy (non-hydrogen) atoms. The van der Waals surface area contributed by atoms with Crippen molar-refractivity contribution in [2.45, 2.75) is 24.4 Å². The number of alkyl halides is 3. The Morgan fingerprint density at radius 3 is 1.88 bits per heavy atom. The lowest BCUT2D eigenvalue weighted by atomic mass is 9.79. The molecule has 1 fully saturated rings. The summed E-state index contributed by atoms with van der Waals surface area (Å²) in [6.07, 6.45) is -4.01. The minimum absolute atomic E-state index is 0.109. The molecule has 0 amide bonds. The number of hydrogen-bond acceptors (Lipinski definition) is 2. The van der Waals surface area contributed by atoms with Crippen LogP contribution in [0.1, 0.15) is 18.4 Å². The van der Waals surface area contributed by atoms with Crippen molar-refractivity contribution in [3.63, 3.8) is 0 Å². The molecule has 0 aromatic heterocycles. The summed E-state index contributed by atoms with van der Waals surface area (Å²) in [7, 11) is -1.64. The van der Waals surface area contributed by atoms with Crippen molar-refractivity contribution in [2.75, 3.05) is 0 Å². The summed E-state index contributed by atoms with van der Waals surface area (Å²) in [6, 6.07) is 5.25. The van der Waals surface area contributed by atoms with Gasteiger partial charge in [-0.15, -0.1) is 0 Å². The van der Waals surface area contributed by atoms with Gasteiger partial charge in [-0.25, -0.2) is 0 Å². The summed E-state index contributed by atoms with van der Waals surface area (Å²) in [5.41, 5.74) is -1.31. The Morgan fingerprint density at radius 2 is 1.56 bits per heavy atom. The lowest BCUT2D eigenvalue weighted by Gasteiger charge is -2.19. The Kier molecular flexibility index (Phi) is 2.51. The van der Waals surface area contributed by atoms with Gasteiger partial charge in [-0.2, -0.15) is 13.2 Å². The van der Waals surface area contributed by atoms with Crippen LogP contribution in [0.5, 0.6) is 0 Å². The lowest BCUT2D eigenvalue weighted by molar-refractivity contribution is -0.160. The molecular weight excluding hydrogens is 220 g/mol. The van der Waals surface area contributed by atoms with Crippen LogP contribution in [0, 0.1) is 0 Å². The minimum atomic E-state index is -4.23. The van der Waals surface area contributed by atoms with Crippen LogP contribution in [0.25, 0.3) is 0 Å². The maximum Gasteiger partial charge on any atom is 0.488 e. The zero-order valence-electron chi connectivity index (χ0n) is 8.33. The number of halogens is 3. The Hall–Kier alpha value is -1.01. The van der Waals surface area contributed by atoms with Crippen LogP contribution in [0.4, 0.5) is 13.2 Å². The molecule has 0 atom stereocenters. The van der Waals surface area contributed by atoms with E-state index >= 15 is 0 Å². The quantitative estimate of drug-likeness (QED) is 0.743. The van der Waals surface area contributed by atoms with Gasteiger partial charge in [0.25, 0.3) is 0 Å². The number of rotatable bonds is 2. The average Bonchev–Trinajstić information content (AvgIpc) is 2.97. The van der Waals surface area contributed by atoms with Crippen LogP contribution in [0.2, 0.25) is 0 Å². The summed E-state index contributed by atoms with van der Waals surface area (Å²) in [5, 5.41) is 17.7. The van der Waals surface area contributed by atoms with Gasteiger partial charge in [0.2, 0.25) is 0 Å². The second-order valence-corrected chi connectivity index (χ2v) is 4.08. The topological polar surface area (TPSA) is 40.5 Å². The normalized spacial score (nSPS) is 18.3. The van der Waals surface area contributed by atoms with Gasteiger partial charge in [0.05, 0.1) is 5.41 Å². The third kappa shape index (κ3) is 1.72. The number of hydrogen-bond donors (Lipinski definition) is 2. The molecular formula is C10H10BF3O2. The Balaban J connectivity index is 2.29. The molecule has 1 saturated carbocycles. The van der Waals surface area contributed by atoms with E-state index in [2.05, 4.69) is 0 Å². The summed E-state index contributed by atoms with van der Waals surface area (Å²) < 4.78 is 38.2. The molecule has 1 aromatic rings. The van der Waals surface area contributed by atoms with Gasteiger partial charge in [-0.3, -0.25) is 0 Å². The SMILES string of the molecule is OB(O)c1ccc(C2(C(F)(F)F)CC2)cc1. The Labute approximate surface area is 90.9 Å². The highest BCUT2D eigenvalue weighted by Gasteiger charge is 2.64. The van der Waals surface area contributed by atoms with Gasteiger partial charge in [0.15, 0.2) is 0 Å². The third-order valence-electron chi connectivity index (χ3n) is 3.05. The van der Waals surface area contributed by atoms with Crippen molar-refractivity contribution in [3.05, 3.63) is 29.8 Å². The fourth-order valence-electron chi connectivity index (χ4n) is 1.84. The maximum absolute atomic E-state index is 12.7. The first-order valence-electron chi connectivity index (χ1n) is 4.90. The summed E-state index contributed by atoms with van der Waals surface area (Å²) in [4.78, 5) is 0. The van der Waals surface area contributed by atoms with Crippen molar-refractivity contribution in [1.82, 2.24) is 0 Å². The molecule has 1 aliphatic rings. The van der Waals surface area contributed by atoms with Crippen LogP contribution in [0.3, 0.4) is 0 Å². The lowest BCUT2D eigenvalue weighted by Crippen LogP contribution is -2.32. The minimum Gasteiger partial charge on any atom is -0.423 e. The van der Waals surface area contributed by atoms with E-state index in [9.17, 15) is 13.2 Å². The largest absolute Gasteiger partial charge is 0.488 e. The van der Waals surface area contributed by atoms with Crippen LogP contribution in [-0.4, -0.2) is 23.3 Å². The molecule has 0 bridgehead atoms. The van der Waals surface area contributed by atoms with E-state index in [1.807, 2.05) is 0 Å². The molecule has 1 aromatic carbocycles. The van der Waals surface area contributed by atoms with Crippen molar-refractivity contribution in [1.29, 1.82) is 0 Å². The van der Waals surface area contributed by atoms with Crippen LogP contribution >= 0.6 is 0 Å². The van der Waals surface area contributed by atoms with E-state index < -0.39 is 18.7 Å². The Bertz CT molecular complexity index is 382. The third-order valence-corrected chi connectivity index (χ3v) is 3.05. The maximum atomic E-state index is 12.7. The smallest absolute Gasteiger partial charge is 0.423 e. The fourth-order valence-corrected chi connectivity index (χ4v) is 1.84. The molecule has 0 spiro atoms. The van der Waals surface area contributed by atoms with E-state index in [0.717, 1.165) is 0 Å². The van der Waals surface area contributed by atoms with Gasteiger partial charge in [0.1, 0.15) is 0 Å². The monoisotopic (exact) mass is 230 g/mol. The summed E-state index contributed by atoms with van der Waals surface area (Å²) in [5.74, 6) is 0.